The number of nitrogens with two attached hydrogens (primary N) is 2. The van der Waals surface area contributed by atoms with Gasteiger partial charge in [0.25, 0.3) is 0 Å². The molecule has 104 valence electrons. The van der Waals surface area contributed by atoms with Gasteiger partial charge in [0.05, 0.1) is 0 Å². The van der Waals surface area contributed by atoms with E-state index in [0.29, 0.717) is 17.3 Å². The maximum atomic E-state index is 11.1. The Morgan fingerprint density at radius 2 is 1.90 bits per heavy atom. The van der Waals surface area contributed by atoms with E-state index in [9.17, 15) is 9.59 Å². The third-order valence-electron chi connectivity index (χ3n) is 2.63. The third kappa shape index (κ3) is 3.68. The average molecular weight is 351 g/mol. The Hall–Kier alpha value is -1.65. The molecule has 0 bridgehead atoms. The molecule has 1 atom stereocenters. The van der Waals surface area contributed by atoms with E-state index in [1.54, 1.807) is 5.38 Å². The van der Waals surface area contributed by atoms with E-state index in [4.69, 9.17) is 11.5 Å². The number of rotatable bonds is 6. The van der Waals surface area contributed by atoms with Crippen LogP contribution in [0.2, 0.25) is 5.21 Å². The Bertz CT molecular complexity index is 615. The molecular formula is C13H14AsN3O2S. The van der Waals surface area contributed by atoms with E-state index in [-0.39, 0.29) is 5.91 Å². The zero-order valence-corrected chi connectivity index (χ0v) is 13.3. The molecule has 1 aromatic heterocycles. The molecule has 0 saturated heterocycles. The second-order valence-corrected chi connectivity index (χ2v) is 10.3. The molecule has 0 fully saturated rings. The Labute approximate surface area is 125 Å². The Morgan fingerprint density at radius 1 is 1.20 bits per heavy atom. The van der Waals surface area contributed by atoms with Gasteiger partial charge in [0.2, 0.25) is 0 Å². The number of carbonyl (C=O) groups excluding carboxylic acids is 2. The summed E-state index contributed by atoms with van der Waals surface area (Å²) in [6.07, 6.45) is 0.334. The molecular weight excluding hydrogens is 337 g/mol. The summed E-state index contributed by atoms with van der Waals surface area (Å²) in [5.74, 6) is -0.837. The van der Waals surface area contributed by atoms with Crippen LogP contribution in [0.25, 0.3) is 0 Å². The van der Waals surface area contributed by atoms with Crippen molar-refractivity contribution in [1.29, 1.82) is 0 Å². The molecule has 2 amide bonds. The number of amides is 2. The minimum atomic E-state index is -1.71. The fourth-order valence-electron chi connectivity index (χ4n) is 1.67. The molecule has 1 aromatic carbocycles. The van der Waals surface area contributed by atoms with Crippen LogP contribution in [0.3, 0.4) is 0 Å². The molecule has 0 saturated carbocycles. The van der Waals surface area contributed by atoms with Crippen LogP contribution in [0.5, 0.6) is 0 Å². The van der Waals surface area contributed by atoms with Crippen molar-refractivity contribution in [3.05, 3.63) is 41.4 Å². The normalized spacial score (nSPS) is 12.0. The van der Waals surface area contributed by atoms with Crippen LogP contribution in [0.15, 0.2) is 35.7 Å². The topological polar surface area (TPSA) is 99.1 Å². The summed E-state index contributed by atoms with van der Waals surface area (Å²) in [5.41, 5.74) is 10.8. The zero-order valence-electron chi connectivity index (χ0n) is 10.7. The van der Waals surface area contributed by atoms with E-state index in [1.807, 2.05) is 30.3 Å². The molecule has 0 aliphatic rings. The number of thiazole rings is 1. The minimum absolute atomic E-state index is 0.291. The molecule has 2 aromatic rings. The predicted octanol–water partition coefficient (Wildman–Crippen LogP) is -0.274. The van der Waals surface area contributed by atoms with Gasteiger partial charge in [-0.05, 0) is 0 Å². The monoisotopic (exact) mass is 351 g/mol. The van der Waals surface area contributed by atoms with E-state index in [2.05, 4.69) is 4.98 Å². The summed E-state index contributed by atoms with van der Waals surface area (Å²) < 4.78 is 2.10. The number of nitrogens with zero attached hydrogens (tertiary/aromatic N) is 1. The fraction of sp³-hybridized carbons (Fsp3) is 0.154. The number of benzene rings is 1. The van der Waals surface area contributed by atoms with Gasteiger partial charge in [0.1, 0.15) is 0 Å². The van der Waals surface area contributed by atoms with Crippen molar-refractivity contribution < 1.29 is 9.59 Å². The summed E-state index contributed by atoms with van der Waals surface area (Å²) in [7, 11) is 0. The number of aromatic nitrogens is 1. The Balaban J connectivity index is 2.30. The maximum absolute atomic E-state index is 11.1. The van der Waals surface area contributed by atoms with Gasteiger partial charge in [-0.25, -0.2) is 0 Å². The molecule has 7 heteroatoms. The Kier molecular flexibility index (Phi) is 4.93. The van der Waals surface area contributed by atoms with Crippen molar-refractivity contribution in [2.24, 2.45) is 11.5 Å². The van der Waals surface area contributed by atoms with Crippen molar-refractivity contribution in [1.82, 2.24) is 4.98 Å². The summed E-state index contributed by atoms with van der Waals surface area (Å²) in [4.78, 5) is 26.5. The van der Waals surface area contributed by atoms with Crippen LogP contribution in [0.4, 0.5) is 0 Å². The van der Waals surface area contributed by atoms with Crippen LogP contribution in [-0.4, -0.2) is 31.4 Å². The number of carbonyl (C=O) groups is 2. The summed E-state index contributed by atoms with van der Waals surface area (Å²) in [6, 6.07) is 9.94. The molecule has 2 rings (SSSR count). The molecule has 20 heavy (non-hydrogen) atoms. The summed E-state index contributed by atoms with van der Waals surface area (Å²) in [5, 5.41) is 2.38. The molecule has 0 aliphatic carbocycles. The first-order valence-electron chi connectivity index (χ1n) is 5.94. The van der Waals surface area contributed by atoms with E-state index in [0.717, 1.165) is 3.80 Å². The first-order chi connectivity index (χ1) is 9.58. The second kappa shape index (κ2) is 6.68. The SMILES string of the molecule is NC(=O)CC[As](c1ccccc1)c1nc(C(N)=O)cs1. The number of hydrogen-bond donors (Lipinski definition) is 2. The van der Waals surface area contributed by atoms with Crippen LogP contribution in [0, 0.1) is 0 Å². The van der Waals surface area contributed by atoms with Gasteiger partial charge in [-0.1, -0.05) is 0 Å². The quantitative estimate of drug-likeness (QED) is 0.701. The van der Waals surface area contributed by atoms with Gasteiger partial charge in [-0.3, -0.25) is 0 Å². The number of primary amides is 2. The predicted molar refractivity (Wildman–Crippen MR) is 80.7 cm³/mol. The van der Waals surface area contributed by atoms with Gasteiger partial charge in [0.15, 0.2) is 0 Å². The average Bonchev–Trinajstić information content (AvgIpc) is 2.90. The van der Waals surface area contributed by atoms with Gasteiger partial charge in [0, 0.05) is 0 Å². The molecule has 5 nitrogen and oxygen atoms in total. The third-order valence-corrected chi connectivity index (χ3v) is 9.60. The first-order valence-corrected chi connectivity index (χ1v) is 10.0. The molecule has 1 heterocycles. The van der Waals surface area contributed by atoms with Crippen LogP contribution < -0.4 is 19.6 Å². The standard InChI is InChI=1S/C13H14AsN3O2S/c15-11(18)6-7-14(9-4-2-1-3-5-9)13-17-10(8-20-13)12(16)19/h1-5,8H,6-7H2,(H2,15,18)(H2,16,19). The Morgan fingerprint density at radius 3 is 2.45 bits per heavy atom. The van der Waals surface area contributed by atoms with Crippen LogP contribution >= 0.6 is 11.3 Å². The van der Waals surface area contributed by atoms with Gasteiger partial charge in [-0.15, -0.1) is 0 Å². The van der Waals surface area contributed by atoms with E-state index in [1.165, 1.54) is 15.7 Å². The van der Waals surface area contributed by atoms with E-state index < -0.39 is 20.6 Å². The van der Waals surface area contributed by atoms with Crippen molar-refractivity contribution >= 4 is 45.9 Å². The van der Waals surface area contributed by atoms with Crippen molar-refractivity contribution in [3.8, 4) is 0 Å². The molecule has 0 radical (unpaired) electrons. The molecule has 0 aliphatic heterocycles. The van der Waals surface area contributed by atoms with E-state index >= 15 is 0 Å². The first kappa shape index (κ1) is 14.8. The van der Waals surface area contributed by atoms with Gasteiger partial charge < -0.3 is 0 Å². The summed E-state index contributed by atoms with van der Waals surface area (Å²) in [6.45, 7) is 0. The van der Waals surface area contributed by atoms with Crippen molar-refractivity contribution in [2.45, 2.75) is 11.6 Å². The number of hydrogen-bond acceptors (Lipinski definition) is 4. The zero-order chi connectivity index (χ0) is 14.5. The van der Waals surface area contributed by atoms with Crippen LogP contribution in [0.1, 0.15) is 16.9 Å². The van der Waals surface area contributed by atoms with Crippen LogP contribution in [-0.2, 0) is 4.79 Å². The molecule has 0 spiro atoms. The van der Waals surface area contributed by atoms with Crippen molar-refractivity contribution in [3.63, 3.8) is 0 Å². The molecule has 4 N–H and O–H groups in total. The van der Waals surface area contributed by atoms with Gasteiger partial charge in [-0.2, -0.15) is 0 Å². The fourth-order valence-corrected chi connectivity index (χ4v) is 8.42. The van der Waals surface area contributed by atoms with Crippen molar-refractivity contribution in [2.75, 3.05) is 0 Å². The van der Waals surface area contributed by atoms with Gasteiger partial charge >= 0.3 is 125 Å². The summed E-state index contributed by atoms with van der Waals surface area (Å²) >= 11 is -0.274. The molecule has 1 unspecified atom stereocenters. The second-order valence-electron chi connectivity index (χ2n) is 4.08.